The van der Waals surface area contributed by atoms with E-state index in [0.29, 0.717) is 12.8 Å². The predicted octanol–water partition coefficient (Wildman–Crippen LogP) is 5.27. The number of benzene rings is 2. The minimum Gasteiger partial charge on any atom is -0.478 e. The highest BCUT2D eigenvalue weighted by atomic mass is 32.1. The number of anilines is 1. The first-order valence-corrected chi connectivity index (χ1v) is 11.5. The number of carboxylic acid groups (broad SMARTS) is 1. The summed E-state index contributed by atoms with van der Waals surface area (Å²) in [6, 6.07) is 18.6. The maximum atomic E-state index is 12.0. The second-order valence-corrected chi connectivity index (χ2v) is 8.04. The first-order chi connectivity index (χ1) is 16.5. The van der Waals surface area contributed by atoms with E-state index in [-0.39, 0.29) is 42.0 Å². The molecule has 0 saturated heterocycles. The fourth-order valence-electron chi connectivity index (χ4n) is 2.91. The molecule has 3 aromatic rings. The number of amides is 1. The van der Waals surface area contributed by atoms with Gasteiger partial charge in [0.2, 0.25) is 0 Å². The predicted molar refractivity (Wildman–Crippen MR) is 128 cm³/mol. The van der Waals surface area contributed by atoms with E-state index < -0.39 is 12.1 Å². The van der Waals surface area contributed by atoms with Crippen molar-refractivity contribution in [3.8, 4) is 0 Å². The summed E-state index contributed by atoms with van der Waals surface area (Å²) in [4.78, 5) is 39.7. The Bertz CT molecular complexity index is 1130. The monoisotopic (exact) mass is 480 g/mol. The summed E-state index contributed by atoms with van der Waals surface area (Å²) in [7, 11) is 0. The van der Waals surface area contributed by atoms with Crippen LogP contribution in [0.2, 0.25) is 0 Å². The van der Waals surface area contributed by atoms with Crippen LogP contribution in [0.25, 0.3) is 5.57 Å². The summed E-state index contributed by atoms with van der Waals surface area (Å²) in [5.41, 5.74) is 1.97. The van der Waals surface area contributed by atoms with E-state index >= 15 is 0 Å². The van der Waals surface area contributed by atoms with Crippen LogP contribution < -0.4 is 5.32 Å². The zero-order valence-corrected chi connectivity index (χ0v) is 19.1. The van der Waals surface area contributed by atoms with Crippen LogP contribution >= 0.6 is 11.3 Å². The molecular formula is C25H24N2O6S. The number of hydrogen-bond donors (Lipinski definition) is 2. The number of nitrogens with zero attached hydrogens (tertiary/aromatic N) is 1. The number of aromatic nitrogens is 1. The van der Waals surface area contributed by atoms with Crippen molar-refractivity contribution in [3.05, 3.63) is 88.9 Å². The van der Waals surface area contributed by atoms with Crippen molar-refractivity contribution in [1.82, 2.24) is 4.98 Å². The lowest BCUT2D eigenvalue weighted by molar-refractivity contribution is -0.145. The second kappa shape index (κ2) is 12.9. The van der Waals surface area contributed by atoms with Crippen molar-refractivity contribution < 1.29 is 29.0 Å². The van der Waals surface area contributed by atoms with Crippen molar-refractivity contribution in [3.63, 3.8) is 0 Å². The molecule has 1 aromatic heterocycles. The third kappa shape index (κ3) is 8.18. The van der Waals surface area contributed by atoms with Crippen molar-refractivity contribution in [2.45, 2.75) is 32.5 Å². The molecule has 2 N–H and O–H groups in total. The summed E-state index contributed by atoms with van der Waals surface area (Å²) >= 11 is 1.09. The van der Waals surface area contributed by atoms with Crippen LogP contribution in [-0.4, -0.2) is 28.1 Å². The molecule has 0 aliphatic heterocycles. The number of carboxylic acids is 1. The molecular weight excluding hydrogens is 456 g/mol. The summed E-state index contributed by atoms with van der Waals surface area (Å²) in [6.45, 7) is 0.317. The van der Waals surface area contributed by atoms with Gasteiger partial charge in [0.05, 0.1) is 11.3 Å². The van der Waals surface area contributed by atoms with Crippen molar-refractivity contribution in [2.24, 2.45) is 0 Å². The van der Waals surface area contributed by atoms with Gasteiger partial charge in [0.25, 0.3) is 0 Å². The zero-order valence-electron chi connectivity index (χ0n) is 18.3. The van der Waals surface area contributed by atoms with E-state index in [4.69, 9.17) is 9.47 Å². The van der Waals surface area contributed by atoms with Crippen LogP contribution in [0, 0.1) is 0 Å². The highest BCUT2D eigenvalue weighted by molar-refractivity contribution is 7.14. The first-order valence-electron chi connectivity index (χ1n) is 10.6. The molecule has 34 heavy (non-hydrogen) atoms. The standard InChI is InChI=1S/C25H24N2O6S/c28-22(32-15-18-9-3-1-4-10-18)14-8-7-13-20(23(29)30)21-17-34-24(26-21)27-25(31)33-16-19-11-5-2-6-12-19/h1-6,9-13,17H,7-8,14-16H2,(H,29,30)(H,26,27,31)/b20-13+. The number of ether oxygens (including phenoxy) is 2. The average molecular weight is 481 g/mol. The maximum Gasteiger partial charge on any atom is 0.413 e. The number of thiazole rings is 1. The van der Waals surface area contributed by atoms with Gasteiger partial charge in [0, 0.05) is 11.8 Å². The van der Waals surface area contributed by atoms with Gasteiger partial charge in [-0.1, -0.05) is 66.7 Å². The number of carbonyl (C=O) groups is 3. The molecule has 0 aliphatic carbocycles. The summed E-state index contributed by atoms with van der Waals surface area (Å²) in [5.74, 6) is -1.49. The van der Waals surface area contributed by atoms with Crippen LogP contribution in [0.4, 0.5) is 9.93 Å². The lowest BCUT2D eigenvalue weighted by Gasteiger charge is -2.05. The first kappa shape index (κ1) is 24.7. The Balaban J connectivity index is 1.45. The number of unbranched alkanes of at least 4 members (excludes halogenated alkanes) is 1. The summed E-state index contributed by atoms with van der Waals surface area (Å²) < 4.78 is 10.4. The van der Waals surface area contributed by atoms with E-state index in [1.807, 2.05) is 60.7 Å². The van der Waals surface area contributed by atoms with Gasteiger partial charge in [0.15, 0.2) is 5.13 Å². The SMILES string of the molecule is O=C(CCC/C=C(/C(=O)O)c1csc(NC(=O)OCc2ccccc2)n1)OCc1ccccc1. The molecule has 8 nitrogen and oxygen atoms in total. The lowest BCUT2D eigenvalue weighted by Crippen LogP contribution is -2.13. The molecule has 0 saturated carbocycles. The van der Waals surface area contributed by atoms with Crippen LogP contribution in [0.15, 0.2) is 72.1 Å². The van der Waals surface area contributed by atoms with Gasteiger partial charge in [-0.3, -0.25) is 10.1 Å². The Kier molecular flexibility index (Phi) is 9.36. The number of rotatable bonds is 11. The minimum absolute atomic E-state index is 0.000365. The van der Waals surface area contributed by atoms with Gasteiger partial charge in [-0.25, -0.2) is 14.6 Å². The Labute approximate surface area is 200 Å². The zero-order chi connectivity index (χ0) is 24.2. The van der Waals surface area contributed by atoms with Crippen LogP contribution in [-0.2, 0) is 32.3 Å². The Morgan fingerprint density at radius 1 is 0.941 bits per heavy atom. The van der Waals surface area contributed by atoms with Gasteiger partial charge in [-0.2, -0.15) is 0 Å². The van der Waals surface area contributed by atoms with Gasteiger partial charge in [0.1, 0.15) is 13.2 Å². The van der Waals surface area contributed by atoms with E-state index in [1.54, 1.807) is 5.38 Å². The minimum atomic E-state index is -1.14. The third-order valence-corrected chi connectivity index (χ3v) is 5.37. The highest BCUT2D eigenvalue weighted by Crippen LogP contribution is 2.23. The molecule has 0 fully saturated rings. The topological polar surface area (TPSA) is 115 Å². The molecule has 0 aliphatic rings. The smallest absolute Gasteiger partial charge is 0.413 e. The molecule has 0 atom stereocenters. The van der Waals surface area contributed by atoms with Gasteiger partial charge in [-0.15, -0.1) is 11.3 Å². The van der Waals surface area contributed by atoms with E-state index in [2.05, 4.69) is 10.3 Å². The van der Waals surface area contributed by atoms with E-state index in [9.17, 15) is 19.5 Å². The molecule has 0 unspecified atom stereocenters. The van der Waals surface area contributed by atoms with Gasteiger partial charge >= 0.3 is 18.0 Å². The maximum absolute atomic E-state index is 12.0. The average Bonchev–Trinajstić information content (AvgIpc) is 3.30. The van der Waals surface area contributed by atoms with Gasteiger partial charge < -0.3 is 14.6 Å². The number of carbonyl (C=O) groups excluding carboxylic acids is 2. The number of aliphatic carboxylic acids is 1. The van der Waals surface area contributed by atoms with Crippen LogP contribution in [0.1, 0.15) is 36.1 Å². The molecule has 176 valence electrons. The van der Waals surface area contributed by atoms with E-state index in [0.717, 1.165) is 22.5 Å². The van der Waals surface area contributed by atoms with Crippen LogP contribution in [0.5, 0.6) is 0 Å². The lowest BCUT2D eigenvalue weighted by atomic mass is 10.1. The Morgan fingerprint density at radius 2 is 1.56 bits per heavy atom. The summed E-state index contributed by atoms with van der Waals surface area (Å²) in [5, 5.41) is 13.8. The molecule has 2 aromatic carbocycles. The molecule has 0 spiro atoms. The van der Waals surface area contributed by atoms with E-state index in [1.165, 1.54) is 6.08 Å². The molecule has 1 amide bonds. The van der Waals surface area contributed by atoms with Gasteiger partial charge in [-0.05, 0) is 24.0 Å². The largest absolute Gasteiger partial charge is 0.478 e. The Morgan fingerprint density at radius 3 is 2.18 bits per heavy atom. The second-order valence-electron chi connectivity index (χ2n) is 7.19. The highest BCUT2D eigenvalue weighted by Gasteiger charge is 2.16. The fourth-order valence-corrected chi connectivity index (χ4v) is 3.60. The fraction of sp³-hybridized carbons (Fsp3) is 0.200. The summed E-state index contributed by atoms with van der Waals surface area (Å²) in [6.07, 6.45) is 1.80. The van der Waals surface area contributed by atoms with Crippen molar-refractivity contribution >= 4 is 40.1 Å². The number of nitrogens with one attached hydrogen (secondary N) is 1. The normalized spacial score (nSPS) is 11.0. The number of hydrogen-bond acceptors (Lipinski definition) is 7. The number of allylic oxidation sites excluding steroid dienone is 1. The Hall–Kier alpha value is -3.98. The molecule has 3 rings (SSSR count). The number of esters is 1. The molecule has 1 heterocycles. The third-order valence-electron chi connectivity index (χ3n) is 4.61. The van der Waals surface area contributed by atoms with Crippen molar-refractivity contribution in [2.75, 3.05) is 5.32 Å². The quantitative estimate of drug-likeness (QED) is 0.218. The molecule has 9 heteroatoms. The van der Waals surface area contributed by atoms with Crippen LogP contribution in [0.3, 0.4) is 0 Å². The molecule has 0 bridgehead atoms. The van der Waals surface area contributed by atoms with Crippen molar-refractivity contribution in [1.29, 1.82) is 0 Å². The molecule has 0 radical (unpaired) electrons.